The van der Waals surface area contributed by atoms with Crippen molar-refractivity contribution in [3.8, 4) is 0 Å². The molecule has 16 heavy (non-hydrogen) atoms. The summed E-state index contributed by atoms with van der Waals surface area (Å²) in [4.78, 5) is 0. The van der Waals surface area contributed by atoms with Crippen molar-refractivity contribution in [2.24, 2.45) is 11.8 Å². The minimum atomic E-state index is 0.272. The molecule has 2 saturated carbocycles. The molecule has 0 radical (unpaired) electrons. The average Bonchev–Trinajstić information content (AvgIpc) is 3.08. The van der Waals surface area contributed by atoms with E-state index in [2.05, 4.69) is 13.8 Å². The lowest BCUT2D eigenvalue weighted by molar-refractivity contribution is 0.180. The maximum atomic E-state index is 5.82. The molecule has 2 aliphatic carbocycles. The minimum Gasteiger partial charge on any atom is -0.366 e. The van der Waals surface area contributed by atoms with Crippen LogP contribution in [0.2, 0.25) is 0 Å². The second kappa shape index (κ2) is 2.84. The zero-order valence-electron chi connectivity index (χ0n) is 10.4. The third kappa shape index (κ3) is 1.32. The van der Waals surface area contributed by atoms with Crippen LogP contribution in [-0.2, 0) is 9.47 Å². The van der Waals surface area contributed by atoms with Crippen LogP contribution in [-0.4, -0.2) is 23.4 Å². The largest absolute Gasteiger partial charge is 0.366 e. The molecule has 0 aromatic carbocycles. The number of hydrogen-bond donors (Lipinski definition) is 0. The summed E-state index contributed by atoms with van der Waals surface area (Å²) in [5.41, 5.74) is 0.557. The first-order chi connectivity index (χ1) is 7.59. The quantitative estimate of drug-likeness (QED) is 0.637. The first kappa shape index (κ1) is 9.90. The highest BCUT2D eigenvalue weighted by atomic mass is 16.6. The van der Waals surface area contributed by atoms with Crippen molar-refractivity contribution in [3.05, 3.63) is 0 Å². The smallest absolute Gasteiger partial charge is 0.0923 e. The molecule has 4 rings (SSSR count). The Morgan fingerprint density at radius 1 is 0.875 bits per heavy atom. The van der Waals surface area contributed by atoms with Crippen molar-refractivity contribution in [1.29, 1.82) is 0 Å². The molecule has 6 unspecified atom stereocenters. The SMILES string of the molecule is CC12CCC(C3CCC4OC4(C)C3)CC1O2. The van der Waals surface area contributed by atoms with Crippen LogP contribution in [0.1, 0.15) is 52.4 Å². The van der Waals surface area contributed by atoms with Crippen molar-refractivity contribution in [2.45, 2.75) is 75.8 Å². The topological polar surface area (TPSA) is 25.1 Å². The van der Waals surface area contributed by atoms with E-state index in [9.17, 15) is 0 Å². The van der Waals surface area contributed by atoms with Crippen LogP contribution in [0.25, 0.3) is 0 Å². The highest BCUT2D eigenvalue weighted by Crippen LogP contribution is 2.56. The summed E-state index contributed by atoms with van der Waals surface area (Å²) < 4.78 is 11.6. The first-order valence-electron chi connectivity index (χ1n) is 6.95. The number of hydrogen-bond acceptors (Lipinski definition) is 2. The van der Waals surface area contributed by atoms with E-state index >= 15 is 0 Å². The molecule has 2 heterocycles. The van der Waals surface area contributed by atoms with Crippen molar-refractivity contribution in [1.82, 2.24) is 0 Å². The molecule has 0 amide bonds. The van der Waals surface area contributed by atoms with Gasteiger partial charge in [-0.2, -0.15) is 0 Å². The van der Waals surface area contributed by atoms with Crippen molar-refractivity contribution in [2.75, 3.05) is 0 Å². The lowest BCUT2D eigenvalue weighted by Gasteiger charge is -2.33. The molecular formula is C14H22O2. The molecule has 4 aliphatic rings. The Morgan fingerprint density at radius 2 is 1.69 bits per heavy atom. The summed E-state index contributed by atoms with van der Waals surface area (Å²) >= 11 is 0. The van der Waals surface area contributed by atoms with Gasteiger partial charge in [-0.3, -0.25) is 0 Å². The van der Waals surface area contributed by atoms with E-state index in [0.29, 0.717) is 12.2 Å². The number of rotatable bonds is 1. The van der Waals surface area contributed by atoms with Gasteiger partial charge >= 0.3 is 0 Å². The molecule has 0 aromatic rings. The van der Waals surface area contributed by atoms with Crippen LogP contribution in [0.15, 0.2) is 0 Å². The van der Waals surface area contributed by atoms with Gasteiger partial charge in [-0.05, 0) is 64.2 Å². The third-order valence-corrected chi connectivity index (χ3v) is 5.73. The van der Waals surface area contributed by atoms with E-state index in [1.54, 1.807) is 0 Å². The molecule has 2 heteroatoms. The summed E-state index contributed by atoms with van der Waals surface area (Å²) in [5, 5.41) is 0. The van der Waals surface area contributed by atoms with Gasteiger partial charge in [-0.1, -0.05) is 0 Å². The van der Waals surface area contributed by atoms with Gasteiger partial charge < -0.3 is 9.47 Å². The summed E-state index contributed by atoms with van der Waals surface area (Å²) in [6.45, 7) is 4.60. The van der Waals surface area contributed by atoms with Gasteiger partial charge in [0.15, 0.2) is 0 Å². The monoisotopic (exact) mass is 222 g/mol. The van der Waals surface area contributed by atoms with Crippen LogP contribution in [0.3, 0.4) is 0 Å². The van der Waals surface area contributed by atoms with Gasteiger partial charge in [0.2, 0.25) is 0 Å². The molecule has 6 atom stereocenters. The average molecular weight is 222 g/mol. The number of fused-ring (bicyclic) bond motifs is 2. The van der Waals surface area contributed by atoms with E-state index in [0.717, 1.165) is 11.8 Å². The lowest BCUT2D eigenvalue weighted by Crippen LogP contribution is -2.32. The van der Waals surface area contributed by atoms with E-state index in [4.69, 9.17) is 9.47 Å². The van der Waals surface area contributed by atoms with E-state index in [1.807, 2.05) is 0 Å². The molecule has 2 nitrogen and oxygen atoms in total. The fourth-order valence-corrected chi connectivity index (χ4v) is 4.33. The molecule has 0 bridgehead atoms. The van der Waals surface area contributed by atoms with Gasteiger partial charge in [0.25, 0.3) is 0 Å². The van der Waals surface area contributed by atoms with Crippen LogP contribution in [0.4, 0.5) is 0 Å². The first-order valence-corrected chi connectivity index (χ1v) is 6.95. The molecular weight excluding hydrogens is 200 g/mol. The van der Waals surface area contributed by atoms with Gasteiger partial charge in [0.1, 0.15) is 0 Å². The van der Waals surface area contributed by atoms with Gasteiger partial charge in [-0.25, -0.2) is 0 Å². The van der Waals surface area contributed by atoms with Crippen molar-refractivity contribution < 1.29 is 9.47 Å². The second-order valence-electron chi connectivity index (χ2n) is 6.91. The molecule has 0 spiro atoms. The molecule has 90 valence electrons. The highest BCUT2D eigenvalue weighted by molar-refractivity contribution is 5.08. The van der Waals surface area contributed by atoms with E-state index in [1.165, 1.54) is 38.5 Å². The number of epoxide rings is 2. The Morgan fingerprint density at radius 3 is 2.44 bits per heavy atom. The maximum Gasteiger partial charge on any atom is 0.0923 e. The van der Waals surface area contributed by atoms with Crippen LogP contribution in [0, 0.1) is 11.8 Å². The third-order valence-electron chi connectivity index (χ3n) is 5.73. The van der Waals surface area contributed by atoms with Gasteiger partial charge in [0, 0.05) is 0 Å². The van der Waals surface area contributed by atoms with E-state index in [-0.39, 0.29) is 11.2 Å². The Balaban J connectivity index is 1.43. The summed E-state index contributed by atoms with van der Waals surface area (Å²) in [5.74, 6) is 1.83. The molecule has 2 aliphatic heterocycles. The Labute approximate surface area is 97.7 Å². The Kier molecular flexibility index (Phi) is 1.76. The Bertz CT molecular complexity index is 329. The summed E-state index contributed by atoms with van der Waals surface area (Å²) in [7, 11) is 0. The van der Waals surface area contributed by atoms with Gasteiger partial charge in [-0.15, -0.1) is 0 Å². The van der Waals surface area contributed by atoms with Crippen molar-refractivity contribution in [3.63, 3.8) is 0 Å². The fraction of sp³-hybridized carbons (Fsp3) is 1.00. The predicted octanol–water partition coefficient (Wildman–Crippen LogP) is 2.90. The standard InChI is InChI=1S/C14H22O2/c1-13-6-5-9(7-12(13)16-13)10-3-4-11-14(2,8-10)15-11/h9-12H,3-8H2,1-2H3. The van der Waals surface area contributed by atoms with Gasteiger partial charge in [0.05, 0.1) is 23.4 Å². The molecule has 4 fully saturated rings. The zero-order valence-corrected chi connectivity index (χ0v) is 10.4. The molecule has 0 aromatic heterocycles. The minimum absolute atomic E-state index is 0.272. The van der Waals surface area contributed by atoms with Crippen LogP contribution in [0.5, 0.6) is 0 Å². The second-order valence-corrected chi connectivity index (χ2v) is 6.91. The summed E-state index contributed by atoms with van der Waals surface area (Å²) in [6.07, 6.45) is 9.22. The fourth-order valence-electron chi connectivity index (χ4n) is 4.33. The van der Waals surface area contributed by atoms with Crippen molar-refractivity contribution >= 4 is 0 Å². The van der Waals surface area contributed by atoms with E-state index < -0.39 is 0 Å². The number of ether oxygens (including phenoxy) is 2. The predicted molar refractivity (Wildman–Crippen MR) is 61.2 cm³/mol. The molecule has 0 N–H and O–H groups in total. The normalized spacial score (nSPS) is 63.4. The lowest BCUT2D eigenvalue weighted by atomic mass is 9.69. The highest BCUT2D eigenvalue weighted by Gasteiger charge is 2.59. The maximum absolute atomic E-state index is 5.82. The molecule has 2 saturated heterocycles. The zero-order chi connectivity index (χ0) is 11.0. The van der Waals surface area contributed by atoms with Crippen LogP contribution < -0.4 is 0 Å². The van der Waals surface area contributed by atoms with Crippen LogP contribution >= 0.6 is 0 Å². The summed E-state index contributed by atoms with van der Waals surface area (Å²) in [6, 6.07) is 0. The Hall–Kier alpha value is -0.0800.